The van der Waals surface area contributed by atoms with Gasteiger partial charge >= 0.3 is 0 Å². The zero-order valence-corrected chi connectivity index (χ0v) is 13.4. The van der Waals surface area contributed by atoms with Crippen LogP contribution in [0, 0.1) is 18.9 Å². The van der Waals surface area contributed by atoms with Crippen LogP contribution >= 0.6 is 0 Å². The summed E-state index contributed by atoms with van der Waals surface area (Å²) in [5.74, 6) is 3.16. The normalized spacial score (nSPS) is 14.3. The van der Waals surface area contributed by atoms with Crippen LogP contribution in [0.5, 0.6) is 0 Å². The molecule has 0 spiro atoms. The van der Waals surface area contributed by atoms with Gasteiger partial charge in [0.15, 0.2) is 0 Å². The highest BCUT2D eigenvalue weighted by Crippen LogP contribution is 2.30. The Labute approximate surface area is 135 Å². The Bertz CT molecular complexity index is 929. The number of likely N-dealkylation sites (N-methyl/N-ethyl adjacent to an activating group) is 1. The lowest BCUT2D eigenvalue weighted by Crippen LogP contribution is -2.27. The molecule has 3 heterocycles. The van der Waals surface area contributed by atoms with Gasteiger partial charge in [0.05, 0.1) is 5.52 Å². The molecule has 0 saturated carbocycles. The number of aromatic nitrogens is 3. The third-order valence-corrected chi connectivity index (χ3v) is 4.37. The zero-order valence-electron chi connectivity index (χ0n) is 13.4. The van der Waals surface area contributed by atoms with Gasteiger partial charge in [-0.3, -0.25) is 4.57 Å². The standard InChI is InChI=1S/C19H18N4/c1-14-3-4-18-16(11-14)17-12-22(2)9-7-19(17)23(18)10-6-15-5-8-20-13-21-15/h3-5,8,11,13H,7,9,12H2,1-2H3. The summed E-state index contributed by atoms with van der Waals surface area (Å²) in [6, 6.07) is 11.7. The number of nitrogens with zero attached hydrogens (tertiary/aromatic N) is 4. The van der Waals surface area contributed by atoms with Crippen LogP contribution in [-0.2, 0) is 13.0 Å². The molecule has 0 unspecified atom stereocenters. The van der Waals surface area contributed by atoms with Crippen molar-refractivity contribution in [2.75, 3.05) is 13.6 Å². The van der Waals surface area contributed by atoms with Crippen molar-refractivity contribution in [1.29, 1.82) is 0 Å². The van der Waals surface area contributed by atoms with Crippen molar-refractivity contribution in [3.63, 3.8) is 0 Å². The molecule has 3 aromatic rings. The van der Waals surface area contributed by atoms with Crippen molar-refractivity contribution in [2.24, 2.45) is 0 Å². The molecule has 0 N–H and O–H groups in total. The van der Waals surface area contributed by atoms with Gasteiger partial charge in [-0.2, -0.15) is 0 Å². The fourth-order valence-electron chi connectivity index (χ4n) is 3.21. The summed E-state index contributed by atoms with van der Waals surface area (Å²) >= 11 is 0. The van der Waals surface area contributed by atoms with Gasteiger partial charge < -0.3 is 4.90 Å². The van der Waals surface area contributed by atoms with E-state index in [1.165, 1.54) is 34.1 Å². The van der Waals surface area contributed by atoms with Crippen LogP contribution in [0.15, 0.2) is 36.8 Å². The molecule has 0 amide bonds. The highest BCUT2D eigenvalue weighted by molar-refractivity contribution is 5.87. The van der Waals surface area contributed by atoms with Crippen molar-refractivity contribution in [3.05, 3.63) is 59.3 Å². The molecule has 0 saturated heterocycles. The molecule has 2 aromatic heterocycles. The predicted octanol–water partition coefficient (Wildman–Crippen LogP) is 2.58. The van der Waals surface area contributed by atoms with Crippen molar-refractivity contribution in [1.82, 2.24) is 19.4 Å². The van der Waals surface area contributed by atoms with E-state index in [0.29, 0.717) is 0 Å². The lowest BCUT2D eigenvalue weighted by Gasteiger charge is -2.23. The molecule has 1 aliphatic rings. The molecule has 0 aliphatic carbocycles. The number of aryl methyl sites for hydroxylation is 1. The lowest BCUT2D eigenvalue weighted by molar-refractivity contribution is 0.311. The van der Waals surface area contributed by atoms with Gasteiger partial charge in [0.1, 0.15) is 12.0 Å². The molecular weight excluding hydrogens is 284 g/mol. The number of hydrogen-bond donors (Lipinski definition) is 0. The largest absolute Gasteiger partial charge is 0.302 e. The summed E-state index contributed by atoms with van der Waals surface area (Å²) in [7, 11) is 2.18. The minimum atomic E-state index is 0.746. The van der Waals surface area contributed by atoms with Crippen LogP contribution in [0.4, 0.5) is 0 Å². The highest BCUT2D eigenvalue weighted by Gasteiger charge is 2.21. The zero-order chi connectivity index (χ0) is 15.8. The van der Waals surface area contributed by atoms with Gasteiger partial charge in [-0.25, -0.2) is 9.97 Å². The molecule has 4 heteroatoms. The number of rotatable bonds is 0. The number of benzene rings is 1. The molecule has 114 valence electrons. The van der Waals surface area contributed by atoms with E-state index in [4.69, 9.17) is 0 Å². The van der Waals surface area contributed by atoms with Crippen LogP contribution in [0.2, 0.25) is 0 Å². The second kappa shape index (κ2) is 5.53. The Morgan fingerprint density at radius 1 is 1.22 bits per heavy atom. The molecule has 4 rings (SSSR count). The minimum absolute atomic E-state index is 0.746. The first kappa shape index (κ1) is 14.0. The van der Waals surface area contributed by atoms with E-state index in [1.807, 2.05) is 6.07 Å². The van der Waals surface area contributed by atoms with E-state index < -0.39 is 0 Å². The molecule has 1 aliphatic heterocycles. The maximum absolute atomic E-state index is 4.19. The molecule has 0 atom stereocenters. The summed E-state index contributed by atoms with van der Waals surface area (Å²) < 4.78 is 2.15. The molecule has 23 heavy (non-hydrogen) atoms. The van der Waals surface area contributed by atoms with E-state index in [-0.39, 0.29) is 0 Å². The molecule has 4 nitrogen and oxygen atoms in total. The Morgan fingerprint density at radius 3 is 2.96 bits per heavy atom. The first-order valence-electron chi connectivity index (χ1n) is 7.82. The highest BCUT2D eigenvalue weighted by atomic mass is 15.1. The molecule has 0 fully saturated rings. The fraction of sp³-hybridized carbons (Fsp3) is 0.263. The maximum atomic E-state index is 4.19. The van der Waals surface area contributed by atoms with Gasteiger partial charge in [0.2, 0.25) is 0 Å². The molecule has 1 aromatic carbocycles. The van der Waals surface area contributed by atoms with E-state index >= 15 is 0 Å². The van der Waals surface area contributed by atoms with Crippen LogP contribution in [-0.4, -0.2) is 33.0 Å². The smallest absolute Gasteiger partial charge is 0.118 e. The minimum Gasteiger partial charge on any atom is -0.302 e. The number of fused-ring (bicyclic) bond motifs is 3. The second-order valence-corrected chi connectivity index (χ2v) is 6.10. The third-order valence-electron chi connectivity index (χ3n) is 4.37. The lowest BCUT2D eigenvalue weighted by atomic mass is 10.0. The third kappa shape index (κ3) is 2.49. The van der Waals surface area contributed by atoms with Crippen LogP contribution in [0.1, 0.15) is 22.5 Å². The Kier molecular flexibility index (Phi) is 3.36. The molecule has 0 bridgehead atoms. The first-order chi connectivity index (χ1) is 11.2. The summed E-state index contributed by atoms with van der Waals surface area (Å²) in [6.45, 7) is 4.19. The van der Waals surface area contributed by atoms with Crippen LogP contribution < -0.4 is 0 Å². The average molecular weight is 302 g/mol. The molecular formula is C19H18N4. The SMILES string of the molecule is Cc1ccc2c(c1)c1c(n2C#Cc2ccncn2)CCN(C)C1. The quantitative estimate of drug-likeness (QED) is 0.599. The summed E-state index contributed by atoms with van der Waals surface area (Å²) in [6.07, 6.45) is 4.28. The van der Waals surface area contributed by atoms with Crippen molar-refractivity contribution < 1.29 is 0 Å². The average Bonchev–Trinajstić information content (AvgIpc) is 2.86. The predicted molar refractivity (Wildman–Crippen MR) is 91.0 cm³/mol. The summed E-state index contributed by atoms with van der Waals surface area (Å²) in [5.41, 5.74) is 5.97. The van der Waals surface area contributed by atoms with E-state index in [0.717, 1.165) is 25.2 Å². The van der Waals surface area contributed by atoms with E-state index in [9.17, 15) is 0 Å². The van der Waals surface area contributed by atoms with Gasteiger partial charge in [0, 0.05) is 42.8 Å². The second-order valence-electron chi connectivity index (χ2n) is 6.10. The monoisotopic (exact) mass is 302 g/mol. The number of hydrogen-bond acceptors (Lipinski definition) is 3. The Morgan fingerprint density at radius 2 is 2.13 bits per heavy atom. The fourth-order valence-corrected chi connectivity index (χ4v) is 3.21. The van der Waals surface area contributed by atoms with Crippen molar-refractivity contribution >= 4 is 10.9 Å². The van der Waals surface area contributed by atoms with Gasteiger partial charge in [-0.05, 0) is 43.7 Å². The first-order valence-corrected chi connectivity index (χ1v) is 7.82. The van der Waals surface area contributed by atoms with Crippen molar-refractivity contribution in [3.8, 4) is 12.0 Å². The van der Waals surface area contributed by atoms with E-state index in [1.54, 1.807) is 6.20 Å². The van der Waals surface area contributed by atoms with Crippen LogP contribution in [0.25, 0.3) is 10.9 Å². The van der Waals surface area contributed by atoms with Gasteiger partial charge in [-0.15, -0.1) is 0 Å². The Hall–Kier alpha value is -2.64. The molecule has 0 radical (unpaired) electrons. The maximum Gasteiger partial charge on any atom is 0.118 e. The van der Waals surface area contributed by atoms with Gasteiger partial charge in [0.25, 0.3) is 0 Å². The topological polar surface area (TPSA) is 34.0 Å². The van der Waals surface area contributed by atoms with E-state index in [2.05, 4.69) is 63.6 Å². The summed E-state index contributed by atoms with van der Waals surface area (Å²) in [4.78, 5) is 10.5. The Balaban J connectivity index is 1.91. The summed E-state index contributed by atoms with van der Waals surface area (Å²) in [5, 5.41) is 1.32. The van der Waals surface area contributed by atoms with Crippen LogP contribution in [0.3, 0.4) is 0 Å². The van der Waals surface area contributed by atoms with Crippen molar-refractivity contribution in [2.45, 2.75) is 19.9 Å². The van der Waals surface area contributed by atoms with Gasteiger partial charge in [-0.1, -0.05) is 11.6 Å².